The molecule has 51 heavy (non-hydrogen) atoms. The van der Waals surface area contributed by atoms with Gasteiger partial charge in [0.2, 0.25) is 5.91 Å². The first kappa shape index (κ1) is 37.7. The second-order valence-corrected chi connectivity index (χ2v) is 12.2. The van der Waals surface area contributed by atoms with E-state index >= 15 is 4.39 Å². The molecule has 0 aromatic heterocycles. The molecule has 0 aliphatic carbocycles. The molecule has 2 atom stereocenters. The quantitative estimate of drug-likeness (QED) is 0.247. The lowest BCUT2D eigenvalue weighted by molar-refractivity contribution is -0.143. The van der Waals surface area contributed by atoms with Crippen molar-refractivity contribution in [1.29, 1.82) is 0 Å². The van der Waals surface area contributed by atoms with Crippen LogP contribution in [0.2, 0.25) is 0 Å². The van der Waals surface area contributed by atoms with Crippen molar-refractivity contribution in [3.8, 4) is 16.9 Å². The van der Waals surface area contributed by atoms with E-state index in [0.717, 1.165) is 23.1 Å². The third-order valence-corrected chi connectivity index (χ3v) is 9.17. The molecule has 0 radical (unpaired) electrons. The Balaban J connectivity index is 1.56. The molecule has 0 bridgehead atoms. The summed E-state index contributed by atoms with van der Waals surface area (Å²) in [7, 11) is 1.17. The molecule has 276 valence electrons. The van der Waals surface area contributed by atoms with Crippen molar-refractivity contribution in [3.05, 3.63) is 87.7 Å². The average molecular weight is 737 g/mol. The molecule has 3 aromatic rings. The predicted molar refractivity (Wildman–Crippen MR) is 160 cm³/mol. The average Bonchev–Trinajstić information content (AvgIpc) is 3.35. The number of hydrogen-bond donors (Lipinski definition) is 1. The van der Waals surface area contributed by atoms with E-state index in [9.17, 15) is 49.1 Å². The second kappa shape index (κ2) is 13.9. The van der Waals surface area contributed by atoms with Crippen LogP contribution in [0.3, 0.4) is 0 Å². The highest BCUT2D eigenvalue weighted by molar-refractivity contribution is 5.78. The van der Waals surface area contributed by atoms with E-state index in [-0.39, 0.29) is 54.4 Å². The topological polar surface area (TPSA) is 79.3 Å². The van der Waals surface area contributed by atoms with E-state index in [0.29, 0.717) is 12.1 Å². The number of alkyl halides is 9. The Morgan fingerprint density at radius 1 is 0.902 bits per heavy atom. The van der Waals surface area contributed by atoms with Gasteiger partial charge in [0.1, 0.15) is 24.3 Å². The molecule has 0 spiro atoms. The third-order valence-electron chi connectivity index (χ3n) is 9.17. The van der Waals surface area contributed by atoms with Crippen LogP contribution in [0, 0.1) is 5.82 Å². The van der Waals surface area contributed by atoms with Gasteiger partial charge in [-0.25, -0.2) is 9.18 Å². The van der Waals surface area contributed by atoms with Crippen molar-refractivity contribution in [3.63, 3.8) is 0 Å². The molecule has 17 heteroatoms. The first-order valence-corrected chi connectivity index (χ1v) is 15.5. The fourth-order valence-corrected chi connectivity index (χ4v) is 6.55. The number of benzene rings is 3. The fourth-order valence-electron chi connectivity index (χ4n) is 6.55. The predicted octanol–water partition coefficient (Wildman–Crippen LogP) is 8.34. The number of aliphatic hydroxyl groups excluding tert-OH is 1. The molecule has 2 aliphatic heterocycles. The minimum absolute atomic E-state index is 0.00771. The first-order valence-electron chi connectivity index (χ1n) is 15.5. The van der Waals surface area contributed by atoms with E-state index < -0.39 is 95.4 Å². The molecule has 3 aromatic carbocycles. The standard InChI is InChI=1S/C34H30F10N2O5/c1-17-30(19-10-20(32(36,37)38)12-21(11-19)33(39,40)41)51-31(49)46(17)15-25-22(4-3-5-26(25)34(42,43)44)24-13-23(27(35)14-28(24)50-2)18-6-8-45(9-7-18)29(48)16-47/h3-5,10-14,17-18,30,47H,6-9,15-16H2,1-2H3/t17-,30-/m0/s1. The summed E-state index contributed by atoms with van der Waals surface area (Å²) in [6.07, 6.45) is -17.9. The van der Waals surface area contributed by atoms with Crippen molar-refractivity contribution < 1.29 is 68.1 Å². The highest BCUT2D eigenvalue weighted by atomic mass is 19.4. The number of aliphatic hydroxyl groups is 1. The van der Waals surface area contributed by atoms with Crippen LogP contribution in [0.25, 0.3) is 11.1 Å². The third kappa shape index (κ3) is 7.72. The molecule has 0 unspecified atom stereocenters. The summed E-state index contributed by atoms with van der Waals surface area (Å²) in [6, 6.07) is 4.72. The number of methoxy groups -OCH3 is 1. The van der Waals surface area contributed by atoms with Crippen LogP contribution in [0.15, 0.2) is 48.5 Å². The van der Waals surface area contributed by atoms with Gasteiger partial charge in [0.25, 0.3) is 0 Å². The van der Waals surface area contributed by atoms with Gasteiger partial charge in [0.15, 0.2) is 0 Å². The van der Waals surface area contributed by atoms with E-state index in [1.54, 1.807) is 0 Å². The number of amides is 2. The van der Waals surface area contributed by atoms with Gasteiger partial charge in [-0.2, -0.15) is 39.5 Å². The Labute approximate surface area is 284 Å². The molecule has 0 saturated carbocycles. The normalized spacial score (nSPS) is 19.0. The van der Waals surface area contributed by atoms with Crippen molar-refractivity contribution >= 4 is 12.0 Å². The summed E-state index contributed by atoms with van der Waals surface area (Å²) in [4.78, 5) is 27.2. The number of nitrogens with zero attached hydrogens (tertiary/aromatic N) is 2. The van der Waals surface area contributed by atoms with Crippen LogP contribution in [0.1, 0.15) is 65.2 Å². The van der Waals surface area contributed by atoms with Gasteiger partial charge in [0.05, 0.1) is 36.4 Å². The molecule has 2 amide bonds. The largest absolute Gasteiger partial charge is 0.496 e. The van der Waals surface area contributed by atoms with Crippen LogP contribution in [-0.4, -0.2) is 59.8 Å². The zero-order valence-electron chi connectivity index (χ0n) is 26.8. The molecular formula is C34H30F10N2O5. The molecule has 1 N–H and O–H groups in total. The summed E-state index contributed by atoms with van der Waals surface area (Å²) in [5.74, 6) is -1.88. The van der Waals surface area contributed by atoms with Crippen LogP contribution in [-0.2, 0) is 34.6 Å². The van der Waals surface area contributed by atoms with E-state index in [2.05, 4.69) is 0 Å². The fraction of sp³-hybridized carbons (Fsp3) is 0.412. The maximum atomic E-state index is 15.5. The van der Waals surface area contributed by atoms with Gasteiger partial charge in [-0.1, -0.05) is 12.1 Å². The smallest absolute Gasteiger partial charge is 0.416 e. The Kier molecular flexibility index (Phi) is 10.3. The maximum Gasteiger partial charge on any atom is 0.416 e. The van der Waals surface area contributed by atoms with Gasteiger partial charge in [-0.15, -0.1) is 0 Å². The summed E-state index contributed by atoms with van der Waals surface area (Å²) in [5, 5.41) is 9.17. The van der Waals surface area contributed by atoms with Gasteiger partial charge in [0, 0.05) is 24.7 Å². The molecule has 2 aliphatic rings. The molecule has 2 saturated heterocycles. The van der Waals surface area contributed by atoms with Crippen molar-refractivity contribution in [2.24, 2.45) is 0 Å². The van der Waals surface area contributed by atoms with E-state index in [4.69, 9.17) is 14.6 Å². The molecule has 5 rings (SSSR count). The van der Waals surface area contributed by atoms with Gasteiger partial charge in [-0.3, -0.25) is 9.69 Å². The van der Waals surface area contributed by atoms with Crippen molar-refractivity contribution in [2.75, 3.05) is 26.8 Å². The maximum absolute atomic E-state index is 15.5. The van der Waals surface area contributed by atoms with Gasteiger partial charge < -0.3 is 19.5 Å². The zero-order chi connectivity index (χ0) is 37.6. The summed E-state index contributed by atoms with van der Waals surface area (Å²) < 4.78 is 151. The summed E-state index contributed by atoms with van der Waals surface area (Å²) in [6.45, 7) is 0.0222. The number of cyclic esters (lactones) is 1. The monoisotopic (exact) mass is 736 g/mol. The van der Waals surface area contributed by atoms with Gasteiger partial charge >= 0.3 is 24.6 Å². The van der Waals surface area contributed by atoms with E-state index in [1.165, 1.54) is 31.1 Å². The molecule has 2 fully saturated rings. The Bertz CT molecular complexity index is 1770. The number of piperidine rings is 1. The minimum Gasteiger partial charge on any atom is -0.496 e. The van der Waals surface area contributed by atoms with Crippen molar-refractivity contribution in [2.45, 2.75) is 62.9 Å². The first-order chi connectivity index (χ1) is 23.7. The zero-order valence-corrected chi connectivity index (χ0v) is 26.8. The highest BCUT2D eigenvalue weighted by Gasteiger charge is 2.45. The summed E-state index contributed by atoms with van der Waals surface area (Å²) >= 11 is 0. The number of likely N-dealkylation sites (tertiary alicyclic amines) is 1. The van der Waals surface area contributed by atoms with Crippen LogP contribution >= 0.6 is 0 Å². The minimum atomic E-state index is -5.21. The highest BCUT2D eigenvalue weighted by Crippen LogP contribution is 2.45. The number of halogens is 10. The number of carbonyl (C=O) groups is 2. The molecule has 2 heterocycles. The Morgan fingerprint density at radius 3 is 2.04 bits per heavy atom. The Morgan fingerprint density at radius 2 is 1.51 bits per heavy atom. The lowest BCUT2D eigenvalue weighted by Gasteiger charge is -2.32. The lowest BCUT2D eigenvalue weighted by atomic mass is 9.85. The SMILES string of the molecule is COc1cc(F)c(C2CCN(C(=O)CO)CC2)cc1-c1cccc(C(F)(F)F)c1CN1C(=O)O[C@H](c2cc(C(F)(F)F)cc(C(F)(F)F)c2)[C@@H]1C. The van der Waals surface area contributed by atoms with Crippen LogP contribution in [0.5, 0.6) is 5.75 Å². The van der Waals surface area contributed by atoms with Crippen molar-refractivity contribution in [1.82, 2.24) is 9.80 Å². The van der Waals surface area contributed by atoms with Crippen LogP contribution in [0.4, 0.5) is 48.7 Å². The Hall–Kier alpha value is -4.54. The number of carbonyl (C=O) groups excluding carboxylic acids is 2. The lowest BCUT2D eigenvalue weighted by Crippen LogP contribution is -2.39. The number of ether oxygens (including phenoxy) is 2. The molecule has 7 nitrogen and oxygen atoms in total. The summed E-state index contributed by atoms with van der Waals surface area (Å²) in [5.41, 5.74) is -5.75. The van der Waals surface area contributed by atoms with Gasteiger partial charge in [-0.05, 0) is 78.3 Å². The number of rotatable bonds is 7. The van der Waals surface area contributed by atoms with E-state index in [1.807, 2.05) is 0 Å². The molecular weight excluding hydrogens is 706 g/mol. The second-order valence-electron chi connectivity index (χ2n) is 12.2. The van der Waals surface area contributed by atoms with Crippen LogP contribution < -0.4 is 4.74 Å². The number of hydrogen-bond acceptors (Lipinski definition) is 5.